The predicted molar refractivity (Wildman–Crippen MR) is 73.1 cm³/mol. The number of aliphatic hydroxyl groups is 1. The molecule has 2 bridgehead atoms. The van der Waals surface area contributed by atoms with E-state index in [0.29, 0.717) is 12.1 Å². The van der Waals surface area contributed by atoms with Crippen molar-refractivity contribution in [3.8, 4) is 0 Å². The fraction of sp³-hybridized carbons (Fsp3) is 0.538. The Morgan fingerprint density at radius 2 is 1.88 bits per heavy atom. The summed E-state index contributed by atoms with van der Waals surface area (Å²) in [6.07, 6.45) is 3.99. The molecular formula is C13H17BrN2O. The SMILES string of the molecule is Nc1cc(Br)ccc1N1C2CCC1CC(O)C2. The molecule has 1 aromatic rings. The average molecular weight is 297 g/mol. The van der Waals surface area contributed by atoms with Crippen molar-refractivity contribution >= 4 is 27.3 Å². The first kappa shape index (κ1) is 11.4. The minimum atomic E-state index is -0.125. The van der Waals surface area contributed by atoms with Gasteiger partial charge in [-0.15, -0.1) is 0 Å². The van der Waals surface area contributed by atoms with E-state index in [4.69, 9.17) is 5.73 Å². The summed E-state index contributed by atoms with van der Waals surface area (Å²) in [5, 5.41) is 9.80. The van der Waals surface area contributed by atoms with E-state index in [2.05, 4.69) is 26.9 Å². The van der Waals surface area contributed by atoms with E-state index in [0.717, 1.165) is 28.7 Å². The zero-order chi connectivity index (χ0) is 12.0. The fourth-order valence-corrected chi connectivity index (χ4v) is 3.68. The van der Waals surface area contributed by atoms with E-state index < -0.39 is 0 Å². The van der Waals surface area contributed by atoms with Gasteiger partial charge in [0.2, 0.25) is 0 Å². The number of anilines is 2. The molecule has 2 heterocycles. The van der Waals surface area contributed by atoms with Crippen molar-refractivity contribution in [1.82, 2.24) is 0 Å². The number of aliphatic hydroxyl groups excluding tert-OH is 1. The van der Waals surface area contributed by atoms with Crippen LogP contribution in [0, 0.1) is 0 Å². The third-order valence-electron chi connectivity index (χ3n) is 3.98. The van der Waals surface area contributed by atoms with E-state index in [9.17, 15) is 5.11 Å². The first-order valence-electron chi connectivity index (χ1n) is 6.16. The molecule has 2 atom stereocenters. The molecular weight excluding hydrogens is 280 g/mol. The molecule has 2 aliphatic heterocycles. The second-order valence-corrected chi connectivity index (χ2v) is 6.04. The Morgan fingerprint density at radius 1 is 1.24 bits per heavy atom. The minimum Gasteiger partial charge on any atom is -0.397 e. The maximum Gasteiger partial charge on any atom is 0.0605 e. The number of halogens is 1. The lowest BCUT2D eigenvalue weighted by Crippen LogP contribution is -2.45. The summed E-state index contributed by atoms with van der Waals surface area (Å²) in [4.78, 5) is 2.43. The lowest BCUT2D eigenvalue weighted by Gasteiger charge is -2.39. The van der Waals surface area contributed by atoms with Crippen LogP contribution in [-0.2, 0) is 0 Å². The van der Waals surface area contributed by atoms with Crippen LogP contribution < -0.4 is 10.6 Å². The molecule has 2 fully saturated rings. The number of hydrogen-bond acceptors (Lipinski definition) is 3. The van der Waals surface area contributed by atoms with Gasteiger partial charge in [-0.3, -0.25) is 0 Å². The van der Waals surface area contributed by atoms with Crippen molar-refractivity contribution in [1.29, 1.82) is 0 Å². The maximum atomic E-state index is 9.80. The minimum absolute atomic E-state index is 0.125. The molecule has 4 heteroatoms. The standard InChI is InChI=1S/C13H17BrN2O/c14-8-1-4-13(12(15)5-8)16-9-2-3-10(16)7-11(17)6-9/h1,4-5,9-11,17H,2-3,6-7,15H2. The summed E-state index contributed by atoms with van der Waals surface area (Å²) in [5.41, 5.74) is 8.06. The molecule has 2 aliphatic rings. The van der Waals surface area contributed by atoms with E-state index in [1.54, 1.807) is 0 Å². The predicted octanol–water partition coefficient (Wildman–Crippen LogP) is 2.52. The lowest BCUT2D eigenvalue weighted by atomic mass is 9.99. The first-order valence-corrected chi connectivity index (χ1v) is 6.96. The topological polar surface area (TPSA) is 49.5 Å². The Morgan fingerprint density at radius 3 is 2.47 bits per heavy atom. The Bertz CT molecular complexity index is 423. The summed E-state index contributed by atoms with van der Waals surface area (Å²) < 4.78 is 1.02. The van der Waals surface area contributed by atoms with Crippen LogP contribution in [0.4, 0.5) is 11.4 Å². The van der Waals surface area contributed by atoms with Gasteiger partial charge in [0, 0.05) is 16.6 Å². The Balaban J connectivity index is 1.94. The zero-order valence-electron chi connectivity index (χ0n) is 9.64. The second kappa shape index (κ2) is 4.18. The average Bonchev–Trinajstić information content (AvgIpc) is 2.53. The molecule has 92 valence electrons. The van der Waals surface area contributed by atoms with Gasteiger partial charge in [-0.1, -0.05) is 15.9 Å². The molecule has 0 radical (unpaired) electrons. The molecule has 0 spiro atoms. The van der Waals surface area contributed by atoms with Crippen LogP contribution in [0.3, 0.4) is 0 Å². The molecule has 2 saturated heterocycles. The zero-order valence-corrected chi connectivity index (χ0v) is 11.2. The highest BCUT2D eigenvalue weighted by molar-refractivity contribution is 9.10. The summed E-state index contributed by atoms with van der Waals surface area (Å²) in [6, 6.07) is 7.01. The first-order chi connectivity index (χ1) is 8.15. The van der Waals surface area contributed by atoms with Crippen LogP contribution in [0.1, 0.15) is 25.7 Å². The van der Waals surface area contributed by atoms with E-state index in [-0.39, 0.29) is 6.10 Å². The van der Waals surface area contributed by atoms with Crippen molar-refractivity contribution in [2.75, 3.05) is 10.6 Å². The Labute approximate surface area is 110 Å². The van der Waals surface area contributed by atoms with Gasteiger partial charge in [-0.25, -0.2) is 0 Å². The van der Waals surface area contributed by atoms with Crippen molar-refractivity contribution in [2.24, 2.45) is 0 Å². The van der Waals surface area contributed by atoms with Gasteiger partial charge in [-0.05, 0) is 43.9 Å². The summed E-state index contributed by atoms with van der Waals surface area (Å²) >= 11 is 3.44. The van der Waals surface area contributed by atoms with Crippen LogP contribution in [0.5, 0.6) is 0 Å². The molecule has 3 rings (SSSR count). The van der Waals surface area contributed by atoms with Gasteiger partial charge < -0.3 is 15.7 Å². The molecule has 17 heavy (non-hydrogen) atoms. The fourth-order valence-electron chi connectivity index (χ4n) is 3.30. The second-order valence-electron chi connectivity index (χ2n) is 5.12. The van der Waals surface area contributed by atoms with Gasteiger partial charge in [0.1, 0.15) is 0 Å². The molecule has 0 amide bonds. The summed E-state index contributed by atoms with van der Waals surface area (Å²) in [5.74, 6) is 0. The smallest absolute Gasteiger partial charge is 0.0605 e. The third-order valence-corrected chi connectivity index (χ3v) is 4.47. The van der Waals surface area contributed by atoms with Crippen molar-refractivity contribution < 1.29 is 5.11 Å². The lowest BCUT2D eigenvalue weighted by molar-refractivity contribution is 0.126. The highest BCUT2D eigenvalue weighted by Crippen LogP contribution is 2.41. The van der Waals surface area contributed by atoms with Crippen LogP contribution in [0.2, 0.25) is 0 Å². The van der Waals surface area contributed by atoms with Gasteiger partial charge in [-0.2, -0.15) is 0 Å². The quantitative estimate of drug-likeness (QED) is 0.783. The van der Waals surface area contributed by atoms with Gasteiger partial charge in [0.15, 0.2) is 0 Å². The van der Waals surface area contributed by atoms with Crippen molar-refractivity contribution in [2.45, 2.75) is 43.9 Å². The Hall–Kier alpha value is -0.740. The van der Waals surface area contributed by atoms with Gasteiger partial charge >= 0.3 is 0 Å². The van der Waals surface area contributed by atoms with Gasteiger partial charge in [0.05, 0.1) is 17.5 Å². The third kappa shape index (κ3) is 1.93. The van der Waals surface area contributed by atoms with E-state index >= 15 is 0 Å². The van der Waals surface area contributed by atoms with Crippen LogP contribution >= 0.6 is 15.9 Å². The number of rotatable bonds is 1. The number of piperidine rings is 1. The largest absolute Gasteiger partial charge is 0.397 e. The molecule has 0 saturated carbocycles. The number of nitrogens with zero attached hydrogens (tertiary/aromatic N) is 1. The molecule has 2 unspecified atom stereocenters. The maximum absolute atomic E-state index is 9.80. The highest BCUT2D eigenvalue weighted by atomic mass is 79.9. The molecule has 0 aliphatic carbocycles. The van der Waals surface area contributed by atoms with Gasteiger partial charge in [0.25, 0.3) is 0 Å². The van der Waals surface area contributed by atoms with Crippen molar-refractivity contribution in [3.63, 3.8) is 0 Å². The van der Waals surface area contributed by atoms with Crippen LogP contribution in [-0.4, -0.2) is 23.3 Å². The molecule has 3 N–H and O–H groups in total. The summed E-state index contributed by atoms with van der Waals surface area (Å²) in [7, 11) is 0. The number of fused-ring (bicyclic) bond motifs is 2. The van der Waals surface area contributed by atoms with Crippen LogP contribution in [0.25, 0.3) is 0 Å². The Kier molecular flexibility index (Phi) is 2.79. The van der Waals surface area contributed by atoms with Crippen LogP contribution in [0.15, 0.2) is 22.7 Å². The van der Waals surface area contributed by atoms with E-state index in [1.807, 2.05) is 12.1 Å². The van der Waals surface area contributed by atoms with Crippen molar-refractivity contribution in [3.05, 3.63) is 22.7 Å². The molecule has 3 nitrogen and oxygen atoms in total. The number of nitrogen functional groups attached to an aromatic ring is 1. The number of nitrogens with two attached hydrogens (primary N) is 1. The molecule has 0 aromatic heterocycles. The number of hydrogen-bond donors (Lipinski definition) is 2. The number of benzene rings is 1. The molecule has 1 aromatic carbocycles. The van der Waals surface area contributed by atoms with E-state index in [1.165, 1.54) is 12.8 Å². The monoisotopic (exact) mass is 296 g/mol. The normalized spacial score (nSPS) is 31.9. The summed E-state index contributed by atoms with van der Waals surface area (Å²) in [6.45, 7) is 0. The highest BCUT2D eigenvalue weighted by Gasteiger charge is 2.40.